The lowest BCUT2D eigenvalue weighted by molar-refractivity contribution is -0.117. The Balaban J connectivity index is 1.24. The largest absolute Gasteiger partial charge is 0.381 e. The van der Waals surface area contributed by atoms with Gasteiger partial charge >= 0.3 is 0 Å². The molecule has 1 fully saturated rings. The molecule has 0 atom stereocenters. The average molecular weight is 416 g/mol. The second kappa shape index (κ2) is 11.9. The maximum Gasteiger partial charge on any atom is 0.238 e. The molecule has 5 nitrogen and oxygen atoms in total. The van der Waals surface area contributed by atoms with Crippen molar-refractivity contribution in [3.63, 3.8) is 0 Å². The van der Waals surface area contributed by atoms with Crippen LogP contribution in [0, 0.1) is 0 Å². The van der Waals surface area contributed by atoms with Gasteiger partial charge in [0.05, 0.1) is 23.9 Å². The molecular formula is C23H30ClN3O2. The number of para-hydroxylation sites is 1. The molecule has 0 unspecified atom stereocenters. The summed E-state index contributed by atoms with van der Waals surface area (Å²) >= 11 is 6.10. The summed E-state index contributed by atoms with van der Waals surface area (Å²) in [5.41, 5.74) is 1.99. The number of rotatable bonds is 10. The predicted octanol–water partition coefficient (Wildman–Crippen LogP) is 3.55. The molecule has 2 aromatic carbocycles. The summed E-state index contributed by atoms with van der Waals surface area (Å²) < 4.78 is 5.77. The van der Waals surface area contributed by atoms with E-state index in [0.717, 1.165) is 58.8 Å². The van der Waals surface area contributed by atoms with Crippen molar-refractivity contribution in [3.8, 4) is 0 Å². The fourth-order valence-corrected chi connectivity index (χ4v) is 3.64. The van der Waals surface area contributed by atoms with Crippen molar-refractivity contribution in [2.75, 3.05) is 57.8 Å². The number of nitrogens with zero attached hydrogens (tertiary/aromatic N) is 2. The first-order chi connectivity index (χ1) is 14.2. The van der Waals surface area contributed by atoms with Crippen LogP contribution in [0.25, 0.3) is 0 Å². The monoisotopic (exact) mass is 415 g/mol. The standard InChI is InChI=1S/C23H30ClN3O2/c24-21-9-4-5-10-22(21)25-23(28)19-27-15-13-26(14-16-27)12-6-17-29-18-11-20-7-2-1-3-8-20/h1-5,7-10H,6,11-19H2,(H,25,28). The number of benzene rings is 2. The van der Waals surface area contributed by atoms with Gasteiger partial charge in [-0.1, -0.05) is 54.1 Å². The number of carbonyl (C=O) groups excluding carboxylic acids is 1. The van der Waals surface area contributed by atoms with Crippen LogP contribution in [0.2, 0.25) is 5.02 Å². The Bertz CT molecular complexity index is 749. The first kappa shape index (κ1) is 21.8. The normalized spacial score (nSPS) is 15.3. The third kappa shape index (κ3) is 7.78. The summed E-state index contributed by atoms with van der Waals surface area (Å²) in [4.78, 5) is 16.9. The number of anilines is 1. The van der Waals surface area contributed by atoms with Crippen LogP contribution in [-0.2, 0) is 16.0 Å². The molecule has 156 valence electrons. The highest BCUT2D eigenvalue weighted by Crippen LogP contribution is 2.20. The fourth-order valence-electron chi connectivity index (χ4n) is 3.45. The van der Waals surface area contributed by atoms with Crippen molar-refractivity contribution < 1.29 is 9.53 Å². The van der Waals surface area contributed by atoms with Gasteiger partial charge in [-0.25, -0.2) is 0 Å². The third-order valence-corrected chi connectivity index (χ3v) is 5.45. The van der Waals surface area contributed by atoms with Crippen LogP contribution >= 0.6 is 11.6 Å². The molecule has 0 aromatic heterocycles. The Hall–Kier alpha value is -1.92. The first-order valence-corrected chi connectivity index (χ1v) is 10.7. The summed E-state index contributed by atoms with van der Waals surface area (Å²) in [7, 11) is 0. The smallest absolute Gasteiger partial charge is 0.238 e. The maximum absolute atomic E-state index is 12.2. The van der Waals surface area contributed by atoms with Crippen molar-refractivity contribution in [3.05, 3.63) is 65.2 Å². The number of piperazine rings is 1. The Kier molecular flexibility index (Phi) is 8.96. The minimum atomic E-state index is -0.0154. The van der Waals surface area contributed by atoms with Crippen molar-refractivity contribution in [2.24, 2.45) is 0 Å². The van der Waals surface area contributed by atoms with E-state index in [1.165, 1.54) is 5.56 Å². The van der Waals surface area contributed by atoms with Gasteiger partial charge in [-0.3, -0.25) is 9.69 Å². The summed E-state index contributed by atoms with van der Waals surface area (Å²) in [5, 5.41) is 3.46. The third-order valence-electron chi connectivity index (χ3n) is 5.12. The number of carbonyl (C=O) groups is 1. The van der Waals surface area contributed by atoms with Gasteiger partial charge < -0.3 is 15.0 Å². The van der Waals surface area contributed by atoms with Gasteiger partial charge in [0.2, 0.25) is 5.91 Å². The van der Waals surface area contributed by atoms with Gasteiger partial charge in [-0.2, -0.15) is 0 Å². The highest BCUT2D eigenvalue weighted by atomic mass is 35.5. The lowest BCUT2D eigenvalue weighted by Crippen LogP contribution is -2.48. The molecule has 0 bridgehead atoms. The Labute approximate surface area is 178 Å². The van der Waals surface area contributed by atoms with Crippen molar-refractivity contribution >= 4 is 23.2 Å². The van der Waals surface area contributed by atoms with Gasteiger partial charge in [0.25, 0.3) is 0 Å². The molecule has 0 saturated carbocycles. The molecule has 0 radical (unpaired) electrons. The highest BCUT2D eigenvalue weighted by molar-refractivity contribution is 6.33. The van der Waals surface area contributed by atoms with Crippen molar-refractivity contribution in [2.45, 2.75) is 12.8 Å². The SMILES string of the molecule is O=C(CN1CCN(CCCOCCc2ccccc2)CC1)Nc1ccccc1Cl. The van der Waals surface area contributed by atoms with Crippen LogP contribution in [0.5, 0.6) is 0 Å². The van der Waals surface area contributed by atoms with E-state index >= 15 is 0 Å². The molecule has 1 aliphatic rings. The van der Waals surface area contributed by atoms with Gasteiger partial charge in [0.1, 0.15) is 0 Å². The van der Waals surface area contributed by atoms with E-state index in [2.05, 4.69) is 39.4 Å². The van der Waals surface area contributed by atoms with E-state index in [9.17, 15) is 4.79 Å². The number of hydrogen-bond acceptors (Lipinski definition) is 4. The van der Waals surface area contributed by atoms with Crippen molar-refractivity contribution in [1.82, 2.24) is 9.80 Å². The van der Waals surface area contributed by atoms with Gasteiger partial charge in [0.15, 0.2) is 0 Å². The summed E-state index contributed by atoms with van der Waals surface area (Å²) in [6.45, 7) is 6.82. The van der Waals surface area contributed by atoms with E-state index < -0.39 is 0 Å². The minimum Gasteiger partial charge on any atom is -0.381 e. The molecule has 1 N–H and O–H groups in total. The molecule has 1 heterocycles. The second-order valence-electron chi connectivity index (χ2n) is 7.35. The summed E-state index contributed by atoms with van der Waals surface area (Å²) in [5.74, 6) is -0.0154. The van der Waals surface area contributed by atoms with Gasteiger partial charge in [0, 0.05) is 39.3 Å². The summed E-state index contributed by atoms with van der Waals surface area (Å²) in [6, 6.07) is 17.8. The van der Waals surface area contributed by atoms with E-state index in [1.54, 1.807) is 6.07 Å². The van der Waals surface area contributed by atoms with E-state index in [0.29, 0.717) is 17.3 Å². The van der Waals surface area contributed by atoms with Crippen LogP contribution in [-0.4, -0.2) is 68.2 Å². The zero-order valence-corrected chi connectivity index (χ0v) is 17.6. The summed E-state index contributed by atoms with van der Waals surface area (Å²) in [6.07, 6.45) is 2.01. The maximum atomic E-state index is 12.2. The minimum absolute atomic E-state index is 0.0154. The predicted molar refractivity (Wildman–Crippen MR) is 119 cm³/mol. The van der Waals surface area contributed by atoms with Crippen LogP contribution in [0.1, 0.15) is 12.0 Å². The van der Waals surface area contributed by atoms with Crippen LogP contribution in [0.15, 0.2) is 54.6 Å². The first-order valence-electron chi connectivity index (χ1n) is 10.3. The lowest BCUT2D eigenvalue weighted by Gasteiger charge is -2.34. The van der Waals surface area contributed by atoms with Gasteiger partial charge in [-0.15, -0.1) is 0 Å². The Morgan fingerprint density at radius 1 is 0.931 bits per heavy atom. The zero-order valence-electron chi connectivity index (χ0n) is 16.9. The zero-order chi connectivity index (χ0) is 20.3. The number of ether oxygens (including phenoxy) is 1. The fraction of sp³-hybridized carbons (Fsp3) is 0.435. The topological polar surface area (TPSA) is 44.8 Å². The number of halogens is 1. The quantitative estimate of drug-likeness (QED) is 0.603. The van der Waals surface area contributed by atoms with Crippen LogP contribution < -0.4 is 5.32 Å². The molecule has 0 spiro atoms. The van der Waals surface area contributed by atoms with E-state index in [4.69, 9.17) is 16.3 Å². The van der Waals surface area contributed by atoms with E-state index in [1.807, 2.05) is 24.3 Å². The molecule has 2 aromatic rings. The van der Waals surface area contributed by atoms with Gasteiger partial charge in [-0.05, 0) is 30.5 Å². The molecule has 3 rings (SSSR count). The number of amides is 1. The van der Waals surface area contributed by atoms with E-state index in [-0.39, 0.29) is 5.91 Å². The van der Waals surface area contributed by atoms with Crippen LogP contribution in [0.3, 0.4) is 0 Å². The molecule has 1 aliphatic heterocycles. The second-order valence-corrected chi connectivity index (χ2v) is 7.75. The Morgan fingerprint density at radius 2 is 1.62 bits per heavy atom. The molecular weight excluding hydrogens is 386 g/mol. The molecule has 29 heavy (non-hydrogen) atoms. The lowest BCUT2D eigenvalue weighted by atomic mass is 10.2. The van der Waals surface area contributed by atoms with Crippen molar-refractivity contribution in [1.29, 1.82) is 0 Å². The Morgan fingerprint density at radius 3 is 2.38 bits per heavy atom. The highest BCUT2D eigenvalue weighted by Gasteiger charge is 2.19. The number of hydrogen-bond donors (Lipinski definition) is 1. The molecule has 0 aliphatic carbocycles. The molecule has 1 saturated heterocycles. The number of nitrogens with one attached hydrogen (secondary N) is 1. The van der Waals surface area contributed by atoms with Crippen LogP contribution in [0.4, 0.5) is 5.69 Å². The molecule has 6 heteroatoms. The molecule has 1 amide bonds. The average Bonchev–Trinajstić information content (AvgIpc) is 2.74.